The van der Waals surface area contributed by atoms with Gasteiger partial charge in [0.25, 0.3) is 0 Å². The van der Waals surface area contributed by atoms with E-state index >= 15 is 0 Å². The van der Waals surface area contributed by atoms with E-state index in [9.17, 15) is 4.79 Å². The minimum absolute atomic E-state index is 0.00559. The zero-order valence-electron chi connectivity index (χ0n) is 7.90. The first-order chi connectivity index (χ1) is 6.81. The van der Waals surface area contributed by atoms with E-state index in [0.717, 1.165) is 11.5 Å². The Bertz CT molecular complexity index is 334. The summed E-state index contributed by atoms with van der Waals surface area (Å²) in [7, 11) is 0. The van der Waals surface area contributed by atoms with Gasteiger partial charge >= 0.3 is 6.09 Å². The largest absolute Gasteiger partial charge is 0.441 e. The van der Waals surface area contributed by atoms with Crippen LogP contribution < -0.4 is 5.06 Å². The number of hydrogen-bond donors (Lipinski definition) is 0. The van der Waals surface area contributed by atoms with Crippen molar-refractivity contribution in [3.8, 4) is 0 Å². The molecule has 14 heavy (non-hydrogen) atoms. The number of rotatable bonds is 2. The van der Waals surface area contributed by atoms with Crippen LogP contribution in [0.5, 0.6) is 0 Å². The van der Waals surface area contributed by atoms with Crippen LogP contribution in [0.15, 0.2) is 24.3 Å². The van der Waals surface area contributed by atoms with Crippen molar-refractivity contribution in [3.05, 3.63) is 29.8 Å². The van der Waals surface area contributed by atoms with E-state index in [-0.39, 0.29) is 6.79 Å². The molecule has 0 unspecified atom stereocenters. The quantitative estimate of drug-likeness (QED) is 0.721. The fourth-order valence-corrected chi connectivity index (χ4v) is 1.29. The Morgan fingerprint density at radius 3 is 2.57 bits per heavy atom. The van der Waals surface area contributed by atoms with Crippen molar-refractivity contribution >= 4 is 11.8 Å². The minimum Gasteiger partial charge on any atom is -0.418 e. The third-order valence-corrected chi connectivity index (χ3v) is 2.11. The predicted molar refractivity (Wildman–Crippen MR) is 50.7 cm³/mol. The van der Waals surface area contributed by atoms with Crippen LogP contribution in [0.3, 0.4) is 0 Å². The number of hydroxylamine groups is 1. The Kier molecular flexibility index (Phi) is 2.37. The number of amides is 1. The number of carbonyl (C=O) groups is 1. The van der Waals surface area contributed by atoms with Crippen LogP contribution >= 0.6 is 0 Å². The summed E-state index contributed by atoms with van der Waals surface area (Å²) in [5.74, 6) is 0. The summed E-state index contributed by atoms with van der Waals surface area (Å²) < 4.78 is 4.64. The van der Waals surface area contributed by atoms with Crippen molar-refractivity contribution in [2.24, 2.45) is 0 Å². The molecular formula is C10H11NO3. The lowest BCUT2D eigenvalue weighted by Gasteiger charge is -2.10. The molecule has 1 heterocycles. The number of aryl methyl sites for hydroxylation is 1. The van der Waals surface area contributed by atoms with Gasteiger partial charge in [0.05, 0.1) is 5.69 Å². The van der Waals surface area contributed by atoms with Gasteiger partial charge in [0.2, 0.25) is 6.79 Å². The SMILES string of the molecule is CCc1ccc(N2OCOC2=O)cc1. The molecule has 1 fully saturated rings. The van der Waals surface area contributed by atoms with Gasteiger partial charge in [0.15, 0.2) is 0 Å². The molecule has 0 aromatic heterocycles. The Morgan fingerprint density at radius 1 is 1.36 bits per heavy atom. The lowest BCUT2D eigenvalue weighted by molar-refractivity contribution is 0.0704. The topological polar surface area (TPSA) is 38.8 Å². The van der Waals surface area contributed by atoms with E-state index in [1.165, 1.54) is 5.56 Å². The van der Waals surface area contributed by atoms with Gasteiger partial charge in [-0.15, -0.1) is 5.06 Å². The lowest BCUT2D eigenvalue weighted by Crippen LogP contribution is -2.21. The molecule has 4 nitrogen and oxygen atoms in total. The monoisotopic (exact) mass is 193 g/mol. The number of hydrogen-bond acceptors (Lipinski definition) is 3. The second-order valence-electron chi connectivity index (χ2n) is 2.97. The van der Waals surface area contributed by atoms with Crippen LogP contribution in [0.4, 0.5) is 10.5 Å². The van der Waals surface area contributed by atoms with Crippen molar-refractivity contribution in [3.63, 3.8) is 0 Å². The third-order valence-electron chi connectivity index (χ3n) is 2.11. The van der Waals surface area contributed by atoms with Gasteiger partial charge in [-0.2, -0.15) is 0 Å². The van der Waals surface area contributed by atoms with E-state index < -0.39 is 6.09 Å². The highest BCUT2D eigenvalue weighted by atomic mass is 16.9. The zero-order chi connectivity index (χ0) is 9.97. The molecule has 2 rings (SSSR count). The summed E-state index contributed by atoms with van der Waals surface area (Å²) in [6.07, 6.45) is 0.514. The first kappa shape index (κ1) is 9.02. The van der Waals surface area contributed by atoms with Crippen LogP contribution in [0.1, 0.15) is 12.5 Å². The number of benzene rings is 1. The second kappa shape index (κ2) is 3.67. The maximum Gasteiger partial charge on any atom is 0.441 e. The summed E-state index contributed by atoms with van der Waals surface area (Å²) in [5, 5.41) is 1.15. The average Bonchev–Trinajstić information content (AvgIpc) is 2.65. The van der Waals surface area contributed by atoms with Gasteiger partial charge in [-0.25, -0.2) is 9.63 Å². The van der Waals surface area contributed by atoms with E-state index in [1.807, 2.05) is 24.3 Å². The fourth-order valence-electron chi connectivity index (χ4n) is 1.29. The van der Waals surface area contributed by atoms with Gasteiger partial charge in [0.1, 0.15) is 0 Å². The summed E-state index contributed by atoms with van der Waals surface area (Å²) in [6, 6.07) is 7.60. The number of nitrogens with zero attached hydrogens (tertiary/aromatic N) is 1. The second-order valence-corrected chi connectivity index (χ2v) is 2.97. The van der Waals surface area contributed by atoms with Crippen LogP contribution in [0, 0.1) is 0 Å². The number of anilines is 1. The standard InChI is InChI=1S/C10H11NO3/c1-2-8-3-5-9(6-4-8)11-10(12)13-7-14-11/h3-6H,2,7H2,1H3. The van der Waals surface area contributed by atoms with Crippen molar-refractivity contribution in [2.75, 3.05) is 11.9 Å². The Morgan fingerprint density at radius 2 is 2.07 bits per heavy atom. The first-order valence-corrected chi connectivity index (χ1v) is 4.50. The molecule has 0 radical (unpaired) electrons. The lowest BCUT2D eigenvalue weighted by atomic mass is 10.1. The van der Waals surface area contributed by atoms with E-state index in [1.54, 1.807) is 0 Å². The summed E-state index contributed by atoms with van der Waals surface area (Å²) in [5.41, 5.74) is 1.92. The third kappa shape index (κ3) is 1.56. The van der Waals surface area contributed by atoms with Crippen molar-refractivity contribution in [1.82, 2.24) is 0 Å². The molecule has 0 N–H and O–H groups in total. The molecule has 1 aromatic carbocycles. The smallest absolute Gasteiger partial charge is 0.418 e. The van der Waals surface area contributed by atoms with Gasteiger partial charge in [0, 0.05) is 0 Å². The molecule has 1 aliphatic rings. The van der Waals surface area contributed by atoms with E-state index in [2.05, 4.69) is 11.7 Å². The molecule has 1 aromatic rings. The Balaban J connectivity index is 2.20. The van der Waals surface area contributed by atoms with Gasteiger partial charge in [-0.3, -0.25) is 0 Å². The van der Waals surface area contributed by atoms with Crippen LogP contribution in [-0.4, -0.2) is 12.9 Å². The molecule has 0 saturated carbocycles. The predicted octanol–water partition coefficient (Wildman–Crippen LogP) is 2.09. The summed E-state index contributed by atoms with van der Waals surface area (Å²) in [6.45, 7) is 2.07. The molecule has 74 valence electrons. The van der Waals surface area contributed by atoms with E-state index in [4.69, 9.17) is 4.84 Å². The van der Waals surface area contributed by atoms with Crippen LogP contribution in [0.25, 0.3) is 0 Å². The number of carbonyl (C=O) groups excluding carboxylic acids is 1. The number of ether oxygens (including phenoxy) is 1. The summed E-state index contributed by atoms with van der Waals surface area (Å²) >= 11 is 0. The highest BCUT2D eigenvalue weighted by Crippen LogP contribution is 2.19. The molecule has 0 aliphatic carbocycles. The Labute approximate surface area is 82.0 Å². The molecule has 0 bridgehead atoms. The van der Waals surface area contributed by atoms with Crippen molar-refractivity contribution < 1.29 is 14.4 Å². The van der Waals surface area contributed by atoms with Crippen molar-refractivity contribution in [1.29, 1.82) is 0 Å². The molecule has 1 amide bonds. The average molecular weight is 193 g/mol. The maximum atomic E-state index is 11.1. The van der Waals surface area contributed by atoms with Crippen LogP contribution in [-0.2, 0) is 16.0 Å². The van der Waals surface area contributed by atoms with Gasteiger partial charge in [-0.1, -0.05) is 19.1 Å². The van der Waals surface area contributed by atoms with Crippen molar-refractivity contribution in [2.45, 2.75) is 13.3 Å². The highest BCUT2D eigenvalue weighted by Gasteiger charge is 2.24. The Hall–Kier alpha value is -1.55. The maximum absolute atomic E-state index is 11.1. The number of cyclic esters (lactones) is 1. The molecular weight excluding hydrogens is 182 g/mol. The molecule has 4 heteroatoms. The van der Waals surface area contributed by atoms with Crippen LogP contribution in [0.2, 0.25) is 0 Å². The summed E-state index contributed by atoms with van der Waals surface area (Å²) in [4.78, 5) is 16.1. The van der Waals surface area contributed by atoms with E-state index in [0.29, 0.717) is 5.69 Å². The van der Waals surface area contributed by atoms with Gasteiger partial charge in [-0.05, 0) is 24.1 Å². The molecule has 1 saturated heterocycles. The molecule has 0 atom stereocenters. The van der Waals surface area contributed by atoms with Gasteiger partial charge < -0.3 is 4.74 Å². The molecule has 1 aliphatic heterocycles. The first-order valence-electron chi connectivity index (χ1n) is 4.50. The zero-order valence-corrected chi connectivity index (χ0v) is 7.90. The molecule has 0 spiro atoms. The minimum atomic E-state index is -0.464. The normalized spacial score (nSPS) is 15.8. The highest BCUT2D eigenvalue weighted by molar-refractivity contribution is 5.86. The fraction of sp³-hybridized carbons (Fsp3) is 0.300.